The Kier molecular flexibility index (Phi) is 5.62. The van der Waals surface area contributed by atoms with Crippen molar-refractivity contribution in [3.8, 4) is 0 Å². The molecule has 4 rings (SSSR count). The van der Waals surface area contributed by atoms with Crippen LogP contribution in [0, 0.1) is 0 Å². The fourth-order valence-corrected chi connectivity index (χ4v) is 4.54. The highest BCUT2D eigenvalue weighted by atomic mass is 35.5. The summed E-state index contributed by atoms with van der Waals surface area (Å²) in [5.74, 6) is -2.76. The predicted molar refractivity (Wildman–Crippen MR) is 120 cm³/mol. The minimum atomic E-state index is -1.81. The zero-order chi connectivity index (χ0) is 23.0. The number of Topliss-reactive ketones (excluding diaryl/α,β-unsaturated/α-hetero) is 1. The van der Waals surface area contributed by atoms with Crippen molar-refractivity contribution in [3.05, 3.63) is 82.9 Å². The molecule has 0 bridgehead atoms. The molecular weight excluding hydrogens is 432 g/mol. The van der Waals surface area contributed by atoms with E-state index in [1.54, 1.807) is 42.5 Å². The fourth-order valence-electron chi connectivity index (χ4n) is 4.41. The maximum Gasteiger partial charge on any atom is 0.296 e. The van der Waals surface area contributed by atoms with E-state index < -0.39 is 28.9 Å². The van der Waals surface area contributed by atoms with Gasteiger partial charge in [0.25, 0.3) is 17.6 Å². The lowest BCUT2D eigenvalue weighted by Gasteiger charge is -2.34. The van der Waals surface area contributed by atoms with Crippen LogP contribution in [-0.2, 0) is 24.7 Å². The van der Waals surface area contributed by atoms with Gasteiger partial charge in [0.1, 0.15) is 5.76 Å². The number of aliphatic hydroxyl groups is 1. The van der Waals surface area contributed by atoms with Crippen LogP contribution < -0.4 is 4.90 Å². The van der Waals surface area contributed by atoms with Crippen LogP contribution in [0.2, 0.25) is 5.02 Å². The van der Waals surface area contributed by atoms with Crippen molar-refractivity contribution in [2.24, 2.45) is 0 Å². The summed E-state index contributed by atoms with van der Waals surface area (Å²) >= 11 is 5.96. The molecule has 1 atom stereocenters. The quantitative estimate of drug-likeness (QED) is 0.315. The zero-order valence-corrected chi connectivity index (χ0v) is 18.1. The molecule has 2 aliphatic rings. The van der Waals surface area contributed by atoms with Gasteiger partial charge in [-0.25, -0.2) is 0 Å². The minimum absolute atomic E-state index is 0.0134. The zero-order valence-electron chi connectivity index (χ0n) is 17.4. The number of methoxy groups -OCH3 is 1. The average Bonchev–Trinajstić information content (AvgIpc) is 3.17. The van der Waals surface area contributed by atoms with Gasteiger partial charge in [0.05, 0.1) is 17.9 Å². The molecule has 1 unspecified atom stereocenters. The Morgan fingerprint density at radius 3 is 2.50 bits per heavy atom. The molecule has 0 saturated carbocycles. The summed E-state index contributed by atoms with van der Waals surface area (Å²) in [5.41, 5.74) is -0.826. The number of nitrogens with zero attached hydrogens (tertiary/aromatic N) is 2. The molecule has 32 heavy (non-hydrogen) atoms. The van der Waals surface area contributed by atoms with Crippen LogP contribution in [0.15, 0.2) is 66.8 Å². The summed E-state index contributed by atoms with van der Waals surface area (Å²) in [4.78, 5) is 43.1. The van der Waals surface area contributed by atoms with Gasteiger partial charge in [0.15, 0.2) is 5.54 Å². The van der Waals surface area contributed by atoms with Crippen LogP contribution in [0.1, 0.15) is 11.1 Å². The molecule has 2 heterocycles. The molecule has 2 aliphatic heterocycles. The first kappa shape index (κ1) is 21.8. The number of ketones is 1. The lowest BCUT2D eigenvalue weighted by molar-refractivity contribution is -0.144. The third kappa shape index (κ3) is 2.97. The fraction of sp³-hybridized carbons (Fsp3) is 0.208. The number of anilines is 1. The summed E-state index contributed by atoms with van der Waals surface area (Å²) < 4.78 is 5.14. The van der Waals surface area contributed by atoms with Gasteiger partial charge in [-0.1, -0.05) is 35.9 Å². The molecule has 1 spiro atoms. The van der Waals surface area contributed by atoms with Gasteiger partial charge in [-0.3, -0.25) is 14.4 Å². The number of para-hydroxylation sites is 1. The van der Waals surface area contributed by atoms with Crippen molar-refractivity contribution in [1.82, 2.24) is 4.90 Å². The summed E-state index contributed by atoms with van der Waals surface area (Å²) in [7, 11) is 1.46. The number of carbonyl (C=O) groups excluding carboxylic acids is 3. The second kappa shape index (κ2) is 8.26. The highest BCUT2D eigenvalue weighted by molar-refractivity contribution is 6.50. The maximum atomic E-state index is 14.0. The summed E-state index contributed by atoms with van der Waals surface area (Å²) in [6.45, 7) is 3.98. The van der Waals surface area contributed by atoms with Crippen LogP contribution in [0.5, 0.6) is 0 Å². The van der Waals surface area contributed by atoms with Crippen molar-refractivity contribution >= 4 is 40.6 Å². The number of ether oxygens (including phenoxy) is 1. The Bertz CT molecular complexity index is 1160. The third-order valence-corrected chi connectivity index (χ3v) is 6.01. The van der Waals surface area contributed by atoms with Gasteiger partial charge in [0, 0.05) is 36.3 Å². The first-order valence-electron chi connectivity index (χ1n) is 9.96. The van der Waals surface area contributed by atoms with Crippen molar-refractivity contribution in [2.75, 3.05) is 31.7 Å². The molecule has 2 amide bonds. The first-order chi connectivity index (χ1) is 15.4. The molecule has 1 N–H and O–H groups in total. The molecule has 1 saturated heterocycles. The summed E-state index contributed by atoms with van der Waals surface area (Å²) in [6.07, 6.45) is 1.56. The third-order valence-electron chi connectivity index (χ3n) is 5.76. The molecule has 7 nitrogen and oxygen atoms in total. The Balaban J connectivity index is 2.06. The van der Waals surface area contributed by atoms with Crippen molar-refractivity contribution < 1.29 is 24.2 Å². The van der Waals surface area contributed by atoms with Crippen LogP contribution in [0.25, 0.3) is 5.76 Å². The van der Waals surface area contributed by atoms with Gasteiger partial charge in [-0.05, 0) is 30.3 Å². The average molecular weight is 453 g/mol. The predicted octanol–water partition coefficient (Wildman–Crippen LogP) is 3.09. The van der Waals surface area contributed by atoms with E-state index in [0.29, 0.717) is 16.3 Å². The number of halogens is 1. The number of rotatable bonds is 6. The molecule has 0 radical (unpaired) electrons. The summed E-state index contributed by atoms with van der Waals surface area (Å²) in [6, 6.07) is 13.1. The van der Waals surface area contributed by atoms with Crippen molar-refractivity contribution in [2.45, 2.75) is 5.54 Å². The highest BCUT2D eigenvalue weighted by Gasteiger charge is 2.66. The van der Waals surface area contributed by atoms with Crippen LogP contribution >= 0.6 is 11.6 Å². The van der Waals surface area contributed by atoms with E-state index in [4.69, 9.17) is 16.3 Å². The van der Waals surface area contributed by atoms with E-state index in [1.165, 1.54) is 29.0 Å². The lowest BCUT2D eigenvalue weighted by atomic mass is 9.82. The molecule has 1 fully saturated rings. The van der Waals surface area contributed by atoms with E-state index in [-0.39, 0.29) is 30.8 Å². The van der Waals surface area contributed by atoms with E-state index in [9.17, 15) is 19.5 Å². The monoisotopic (exact) mass is 452 g/mol. The molecular formula is C24H21ClN2O5. The number of aliphatic hydroxyl groups excluding tert-OH is 1. The highest BCUT2D eigenvalue weighted by Crippen LogP contribution is 2.53. The molecule has 0 aliphatic carbocycles. The maximum absolute atomic E-state index is 14.0. The Morgan fingerprint density at radius 2 is 1.84 bits per heavy atom. The van der Waals surface area contributed by atoms with E-state index in [2.05, 4.69) is 6.58 Å². The van der Waals surface area contributed by atoms with Crippen LogP contribution in [-0.4, -0.2) is 54.4 Å². The van der Waals surface area contributed by atoms with Gasteiger partial charge in [0.2, 0.25) is 0 Å². The van der Waals surface area contributed by atoms with Crippen LogP contribution in [0.4, 0.5) is 5.69 Å². The van der Waals surface area contributed by atoms with Gasteiger partial charge in [-0.15, -0.1) is 6.58 Å². The van der Waals surface area contributed by atoms with Crippen LogP contribution in [0.3, 0.4) is 0 Å². The second-order valence-corrected chi connectivity index (χ2v) is 7.88. The van der Waals surface area contributed by atoms with E-state index in [0.717, 1.165) is 0 Å². The molecule has 2 aromatic carbocycles. The molecule has 8 heteroatoms. The minimum Gasteiger partial charge on any atom is -0.507 e. The largest absolute Gasteiger partial charge is 0.507 e. The number of hydrogen-bond donors (Lipinski definition) is 1. The first-order valence-corrected chi connectivity index (χ1v) is 10.3. The number of hydrogen-bond acceptors (Lipinski definition) is 5. The number of benzene rings is 2. The molecule has 0 aromatic heterocycles. The SMILES string of the molecule is C=CCN1C(=O)C2(/C(=C(\O)c3ccc(Cl)cc3)C(=O)C(=O)N2CCOC)c2ccccc21. The Morgan fingerprint density at radius 1 is 1.16 bits per heavy atom. The summed E-state index contributed by atoms with van der Waals surface area (Å²) in [5, 5.41) is 11.7. The van der Waals surface area contributed by atoms with E-state index >= 15 is 0 Å². The van der Waals surface area contributed by atoms with Crippen molar-refractivity contribution in [1.29, 1.82) is 0 Å². The second-order valence-electron chi connectivity index (χ2n) is 7.44. The number of fused-ring (bicyclic) bond motifs is 2. The molecule has 164 valence electrons. The number of likely N-dealkylation sites (tertiary alicyclic amines) is 1. The van der Waals surface area contributed by atoms with Gasteiger partial charge < -0.3 is 19.6 Å². The smallest absolute Gasteiger partial charge is 0.296 e. The van der Waals surface area contributed by atoms with E-state index in [1.807, 2.05) is 0 Å². The number of amides is 2. The van der Waals surface area contributed by atoms with Gasteiger partial charge >= 0.3 is 0 Å². The topological polar surface area (TPSA) is 87.2 Å². The molecule has 2 aromatic rings. The van der Waals surface area contributed by atoms with Crippen molar-refractivity contribution in [3.63, 3.8) is 0 Å². The van der Waals surface area contributed by atoms with Gasteiger partial charge in [-0.2, -0.15) is 0 Å². The normalized spacial score (nSPS) is 21.5. The lowest BCUT2D eigenvalue weighted by Crippen LogP contribution is -2.52. The number of carbonyl (C=O) groups is 3. The Hall–Kier alpha value is -3.42. The Labute approximate surface area is 190 Å². The standard InChI is InChI=1S/C24H21ClN2O5/c1-3-12-26-18-7-5-4-6-17(18)24(23(26)31)19(20(28)15-8-10-16(25)11-9-15)21(29)22(30)27(24)13-14-32-2/h3-11,28H,1,12-14H2,2H3/b20-19-.